The molecule has 0 radical (unpaired) electrons. The zero-order valence-electron chi connectivity index (χ0n) is 40.0. The molecule has 69 heavy (non-hydrogen) atoms. The van der Waals surface area contributed by atoms with Gasteiger partial charge in [0.1, 0.15) is 11.2 Å². The molecule has 0 N–H and O–H groups in total. The van der Waals surface area contributed by atoms with E-state index < -0.39 is 0 Å². The van der Waals surface area contributed by atoms with E-state index in [-0.39, 0.29) is 0 Å². The maximum absolute atomic E-state index is 6.58. The first kappa shape index (κ1) is 44.5. The van der Waals surface area contributed by atoms with Crippen molar-refractivity contribution in [2.75, 3.05) is 0 Å². The summed E-state index contributed by atoms with van der Waals surface area (Å²) in [5, 5.41) is 4.51. The number of fused-ring (bicyclic) bond motifs is 5. The molecule has 19 rings (SSSR count). The molecule has 10 aromatic rings. The number of hydrogen-bond donors (Lipinski definition) is 0. The standard InChI is InChI=1S/C62H61N5O2/c1-42-22-32-53-58-49-20-13-7-5-11-18-46-26-36-55(65-40-46)50-33-30-48(57-52-21-14-38-63-61(52)68-59(50)57)19-12-6-4-10-16-44-25-35-54(64-39-44)47-28-23-43(24-29-47)15-8-2-3-9-17-45-27-37-56(66-41-45)51(34-31-49)60(58)69-62(53)67-42/h14,21-41H,2-13,15-20H2,1H3. The minimum Gasteiger partial charge on any atom is -0.437 e. The van der Waals surface area contributed by atoms with Crippen molar-refractivity contribution >= 4 is 44.1 Å². The SMILES string of the molecule is Cc1ccc2c(n1)oc1c3ccc(c12)CCCCCCc1ccc(nc1)-c1ccc(c2c1oc1ncccc12)CCCCCCc1ccc(nc1)-c1ccc(cc1)CCCCCCc1ccc-3nc1. The molecule has 3 aromatic carbocycles. The van der Waals surface area contributed by atoms with Crippen LogP contribution >= 0.6 is 0 Å². The van der Waals surface area contributed by atoms with Gasteiger partial charge in [0.2, 0.25) is 11.4 Å². The number of aryl methyl sites for hydroxylation is 7. The maximum Gasteiger partial charge on any atom is 0.227 e. The minimum atomic E-state index is 0.685. The van der Waals surface area contributed by atoms with Crippen LogP contribution in [0.15, 0.2) is 143 Å². The van der Waals surface area contributed by atoms with Crippen molar-refractivity contribution in [2.45, 2.75) is 122 Å². The van der Waals surface area contributed by atoms with Gasteiger partial charge in [0.05, 0.1) is 17.1 Å². The van der Waals surface area contributed by atoms with Crippen molar-refractivity contribution in [2.24, 2.45) is 0 Å². The van der Waals surface area contributed by atoms with E-state index >= 15 is 0 Å². The number of nitrogens with zero attached hydrogens (tertiary/aromatic N) is 5. The molecule has 0 saturated carbocycles. The van der Waals surface area contributed by atoms with Gasteiger partial charge < -0.3 is 8.83 Å². The highest BCUT2D eigenvalue weighted by Crippen LogP contribution is 2.39. The molecule has 12 bridgehead atoms. The molecular weight excluding hydrogens is 847 g/mol. The normalized spacial score (nSPS) is 15.1. The van der Waals surface area contributed by atoms with Gasteiger partial charge in [-0.1, -0.05) is 93.1 Å². The highest BCUT2D eigenvalue weighted by molar-refractivity contribution is 6.11. The first-order chi connectivity index (χ1) is 34.1. The fraction of sp³-hybridized carbons (Fsp3) is 0.306. The summed E-state index contributed by atoms with van der Waals surface area (Å²) in [6.45, 7) is 2.02. The molecule has 0 spiro atoms. The number of pyridine rings is 5. The Kier molecular flexibility index (Phi) is 13.4. The summed E-state index contributed by atoms with van der Waals surface area (Å²) in [6.07, 6.45) is 28.3. The summed E-state index contributed by atoms with van der Waals surface area (Å²) in [6, 6.07) is 39.7. The van der Waals surface area contributed by atoms with E-state index in [2.05, 4.69) is 127 Å². The van der Waals surface area contributed by atoms with E-state index in [1.807, 2.05) is 19.2 Å². The van der Waals surface area contributed by atoms with Crippen LogP contribution in [0.5, 0.6) is 0 Å². The van der Waals surface area contributed by atoms with Gasteiger partial charge in [0.25, 0.3) is 0 Å². The van der Waals surface area contributed by atoms with E-state index in [0.29, 0.717) is 11.4 Å². The highest BCUT2D eigenvalue weighted by atomic mass is 16.3. The second-order valence-corrected chi connectivity index (χ2v) is 19.4. The summed E-state index contributed by atoms with van der Waals surface area (Å²) in [5.41, 5.74) is 18.2. The van der Waals surface area contributed by atoms with Crippen LogP contribution in [0.4, 0.5) is 0 Å². The van der Waals surface area contributed by atoms with E-state index in [1.165, 1.54) is 94.7 Å². The molecule has 7 heteroatoms. The molecule has 6 aliphatic heterocycles. The van der Waals surface area contributed by atoms with Crippen LogP contribution in [0.3, 0.4) is 0 Å². The number of benzene rings is 3. The average Bonchev–Trinajstić information content (AvgIpc) is 3.97. The van der Waals surface area contributed by atoms with Crippen molar-refractivity contribution in [1.82, 2.24) is 24.9 Å². The number of rotatable bonds is 0. The van der Waals surface area contributed by atoms with Crippen LogP contribution in [-0.2, 0) is 38.5 Å². The Balaban J connectivity index is 0.808. The van der Waals surface area contributed by atoms with Crippen LogP contribution in [0.25, 0.3) is 77.9 Å². The van der Waals surface area contributed by atoms with Crippen LogP contribution in [-0.4, -0.2) is 24.9 Å². The quantitative estimate of drug-likeness (QED) is 0.150. The summed E-state index contributed by atoms with van der Waals surface area (Å²) < 4.78 is 13.1. The van der Waals surface area contributed by atoms with Crippen molar-refractivity contribution in [3.8, 4) is 33.8 Å². The summed E-state index contributed by atoms with van der Waals surface area (Å²) in [5.74, 6) is 0. The van der Waals surface area contributed by atoms with E-state index in [1.54, 1.807) is 0 Å². The van der Waals surface area contributed by atoms with Gasteiger partial charge in [-0.05, 0) is 172 Å². The fourth-order valence-corrected chi connectivity index (χ4v) is 10.6. The third-order valence-corrected chi connectivity index (χ3v) is 14.5. The molecule has 9 aliphatic rings. The second-order valence-electron chi connectivity index (χ2n) is 19.4. The number of aromatic nitrogens is 5. The minimum absolute atomic E-state index is 0.685. The molecule has 3 aliphatic carbocycles. The monoisotopic (exact) mass is 907 g/mol. The van der Waals surface area contributed by atoms with Crippen LogP contribution in [0.1, 0.15) is 116 Å². The average molecular weight is 908 g/mol. The lowest BCUT2D eigenvalue weighted by molar-refractivity contribution is 0.639. The van der Waals surface area contributed by atoms with Gasteiger partial charge in [0.15, 0.2) is 0 Å². The maximum atomic E-state index is 6.58. The van der Waals surface area contributed by atoms with E-state index in [4.69, 9.17) is 28.8 Å². The van der Waals surface area contributed by atoms with Gasteiger partial charge in [-0.3, -0.25) is 15.0 Å². The molecule has 0 saturated heterocycles. The Morgan fingerprint density at radius 2 is 0.841 bits per heavy atom. The van der Waals surface area contributed by atoms with Crippen molar-refractivity contribution in [3.63, 3.8) is 0 Å². The smallest absolute Gasteiger partial charge is 0.227 e. The van der Waals surface area contributed by atoms with Crippen LogP contribution < -0.4 is 0 Å². The predicted molar refractivity (Wildman–Crippen MR) is 282 cm³/mol. The Morgan fingerprint density at radius 1 is 0.377 bits per heavy atom. The van der Waals surface area contributed by atoms with Gasteiger partial charge >= 0.3 is 0 Å². The highest BCUT2D eigenvalue weighted by Gasteiger charge is 2.20. The van der Waals surface area contributed by atoms with Crippen molar-refractivity contribution in [3.05, 3.63) is 173 Å². The lowest BCUT2D eigenvalue weighted by atomic mass is 9.96. The lowest BCUT2D eigenvalue weighted by Gasteiger charge is -2.09. The number of hydrogen-bond acceptors (Lipinski definition) is 7. The Hall–Kier alpha value is -6.99. The summed E-state index contributed by atoms with van der Waals surface area (Å²) in [7, 11) is 0. The summed E-state index contributed by atoms with van der Waals surface area (Å²) >= 11 is 0. The molecule has 13 heterocycles. The van der Waals surface area contributed by atoms with Gasteiger partial charge in [0, 0.05) is 68.7 Å². The molecule has 0 atom stereocenters. The zero-order valence-corrected chi connectivity index (χ0v) is 40.0. The zero-order chi connectivity index (χ0) is 46.4. The lowest BCUT2D eigenvalue weighted by Crippen LogP contribution is -1.94. The second kappa shape index (κ2) is 20.7. The molecule has 346 valence electrons. The molecule has 0 amide bonds. The Labute approximate surface area is 405 Å². The summed E-state index contributed by atoms with van der Waals surface area (Å²) in [4.78, 5) is 24.3. The van der Waals surface area contributed by atoms with Gasteiger partial charge in [-0.2, -0.15) is 0 Å². The molecule has 0 unspecified atom stereocenters. The van der Waals surface area contributed by atoms with Crippen LogP contribution in [0, 0.1) is 6.92 Å². The number of furan rings is 2. The van der Waals surface area contributed by atoms with Gasteiger partial charge in [-0.15, -0.1) is 0 Å². The Morgan fingerprint density at radius 3 is 1.36 bits per heavy atom. The molecular formula is C62H61N5O2. The molecule has 0 fully saturated rings. The van der Waals surface area contributed by atoms with Crippen LogP contribution in [0.2, 0.25) is 0 Å². The van der Waals surface area contributed by atoms with Crippen molar-refractivity contribution < 1.29 is 8.83 Å². The Bertz CT molecular complexity index is 3330. The van der Waals surface area contributed by atoms with E-state index in [9.17, 15) is 0 Å². The molecule has 7 nitrogen and oxygen atoms in total. The predicted octanol–water partition coefficient (Wildman–Crippen LogP) is 16.1. The third-order valence-electron chi connectivity index (χ3n) is 14.5. The first-order valence-electron chi connectivity index (χ1n) is 25.7. The largest absolute Gasteiger partial charge is 0.437 e. The van der Waals surface area contributed by atoms with Gasteiger partial charge in [-0.25, -0.2) is 9.97 Å². The van der Waals surface area contributed by atoms with Crippen molar-refractivity contribution in [1.29, 1.82) is 0 Å². The van der Waals surface area contributed by atoms with E-state index in [0.717, 1.165) is 126 Å². The first-order valence-corrected chi connectivity index (χ1v) is 25.7. The third kappa shape index (κ3) is 9.97. The topological polar surface area (TPSA) is 90.7 Å². The fourth-order valence-electron chi connectivity index (χ4n) is 10.6. The molecule has 7 aromatic heterocycles.